The number of ether oxygens (including phenoxy) is 1. The summed E-state index contributed by atoms with van der Waals surface area (Å²) < 4.78 is 27.1. The highest BCUT2D eigenvalue weighted by Crippen LogP contribution is 2.36. The number of methoxy groups -OCH3 is 1. The molecule has 0 atom stereocenters. The van der Waals surface area contributed by atoms with Crippen LogP contribution in [0.1, 0.15) is 5.56 Å². The van der Waals surface area contributed by atoms with E-state index in [1.54, 1.807) is 0 Å². The lowest BCUT2D eigenvalue weighted by molar-refractivity contribution is -0.386. The van der Waals surface area contributed by atoms with Gasteiger partial charge in [0.15, 0.2) is 0 Å². The molecule has 0 spiro atoms. The van der Waals surface area contributed by atoms with Crippen LogP contribution in [0, 0.1) is 17.0 Å². The summed E-state index contributed by atoms with van der Waals surface area (Å²) >= 11 is 0. The van der Waals surface area contributed by atoms with Crippen LogP contribution in [-0.2, 0) is 9.05 Å². The maximum Gasteiger partial charge on any atom is 0.312 e. The molecule has 0 aromatic heterocycles. The van der Waals surface area contributed by atoms with E-state index in [0.717, 1.165) is 7.11 Å². The quantitative estimate of drug-likeness (QED) is 0.473. The van der Waals surface area contributed by atoms with Crippen LogP contribution in [0.3, 0.4) is 0 Å². The van der Waals surface area contributed by atoms with Crippen molar-refractivity contribution in [2.45, 2.75) is 11.8 Å². The summed E-state index contributed by atoms with van der Waals surface area (Å²) in [6.45, 7) is 1.53. The van der Waals surface area contributed by atoms with Crippen LogP contribution < -0.4 is 4.74 Å². The number of aryl methyl sites for hydroxylation is 1. The average molecular weight is 266 g/mol. The monoisotopic (exact) mass is 265 g/mol. The smallest absolute Gasteiger partial charge is 0.312 e. The second-order valence-electron chi connectivity index (χ2n) is 3.01. The van der Waals surface area contributed by atoms with E-state index in [2.05, 4.69) is 0 Å². The van der Waals surface area contributed by atoms with E-state index in [9.17, 15) is 18.5 Å². The summed E-state index contributed by atoms with van der Waals surface area (Å²) in [5, 5.41) is 10.7. The Hall–Kier alpha value is -1.34. The molecule has 1 rings (SSSR count). The number of halogens is 1. The fraction of sp³-hybridized carbons (Fsp3) is 0.250. The van der Waals surface area contributed by atoms with Crippen LogP contribution in [-0.4, -0.2) is 20.5 Å². The molecule has 0 amide bonds. The van der Waals surface area contributed by atoms with Gasteiger partial charge in [0.25, 0.3) is 9.05 Å². The van der Waals surface area contributed by atoms with E-state index >= 15 is 0 Å². The van der Waals surface area contributed by atoms with Gasteiger partial charge in [-0.3, -0.25) is 10.1 Å². The largest absolute Gasteiger partial charge is 0.489 e. The van der Waals surface area contributed by atoms with Gasteiger partial charge in [-0.05, 0) is 18.6 Å². The summed E-state index contributed by atoms with van der Waals surface area (Å²) in [7, 11) is 2.22. The third kappa shape index (κ3) is 2.42. The molecule has 1 aromatic rings. The predicted octanol–water partition coefficient (Wildman–Crippen LogP) is 1.84. The van der Waals surface area contributed by atoms with Crippen molar-refractivity contribution in [1.82, 2.24) is 0 Å². The van der Waals surface area contributed by atoms with E-state index in [0.29, 0.717) is 5.56 Å². The molecule has 0 saturated carbocycles. The molecular formula is C8H8ClNO5S. The SMILES string of the molecule is COc1c([N+](=O)[O-])cc(C)cc1S(=O)(=O)Cl. The van der Waals surface area contributed by atoms with Gasteiger partial charge in [0.2, 0.25) is 5.75 Å². The van der Waals surface area contributed by atoms with Gasteiger partial charge in [-0.25, -0.2) is 8.42 Å². The van der Waals surface area contributed by atoms with Gasteiger partial charge in [0.05, 0.1) is 12.0 Å². The molecular weight excluding hydrogens is 258 g/mol. The number of benzene rings is 1. The average Bonchev–Trinajstić information content (AvgIpc) is 2.14. The fourth-order valence-electron chi connectivity index (χ4n) is 1.24. The van der Waals surface area contributed by atoms with Crippen molar-refractivity contribution in [3.8, 4) is 5.75 Å². The van der Waals surface area contributed by atoms with Crippen molar-refractivity contribution in [3.05, 3.63) is 27.8 Å². The Morgan fingerprint density at radius 2 is 2.00 bits per heavy atom. The number of hydrogen-bond donors (Lipinski definition) is 0. The van der Waals surface area contributed by atoms with Gasteiger partial charge in [0, 0.05) is 16.7 Å². The van der Waals surface area contributed by atoms with Crippen molar-refractivity contribution in [2.24, 2.45) is 0 Å². The number of hydrogen-bond acceptors (Lipinski definition) is 5. The second-order valence-corrected chi connectivity index (χ2v) is 5.54. The van der Waals surface area contributed by atoms with Crippen molar-refractivity contribution < 1.29 is 18.1 Å². The Morgan fingerprint density at radius 3 is 2.38 bits per heavy atom. The standard InChI is InChI=1S/C8H8ClNO5S/c1-5-3-6(10(11)12)8(15-2)7(4-5)16(9,13)14/h3-4H,1-2H3. The first-order chi connectivity index (χ1) is 7.27. The number of nitro benzene ring substituents is 1. The van der Waals surface area contributed by atoms with Crippen molar-refractivity contribution in [2.75, 3.05) is 7.11 Å². The number of rotatable bonds is 3. The van der Waals surface area contributed by atoms with Crippen LogP contribution >= 0.6 is 10.7 Å². The van der Waals surface area contributed by atoms with E-state index < -0.39 is 24.6 Å². The Kier molecular flexibility index (Phi) is 3.39. The maximum absolute atomic E-state index is 11.2. The molecule has 1 aromatic carbocycles. The summed E-state index contributed by atoms with van der Waals surface area (Å²) in [5.74, 6) is -0.356. The molecule has 0 fully saturated rings. The Morgan fingerprint density at radius 1 is 1.44 bits per heavy atom. The molecule has 0 bridgehead atoms. The Balaban J connectivity index is 3.68. The lowest BCUT2D eigenvalue weighted by atomic mass is 10.2. The summed E-state index contributed by atoms with van der Waals surface area (Å²) in [6.07, 6.45) is 0. The number of nitrogens with zero attached hydrogens (tertiary/aromatic N) is 1. The maximum atomic E-state index is 11.2. The molecule has 0 N–H and O–H groups in total. The first-order valence-corrected chi connectivity index (χ1v) is 6.36. The molecule has 8 heteroatoms. The van der Waals surface area contributed by atoms with Crippen molar-refractivity contribution in [1.29, 1.82) is 0 Å². The highest BCUT2D eigenvalue weighted by Gasteiger charge is 2.26. The summed E-state index contributed by atoms with van der Waals surface area (Å²) in [4.78, 5) is 9.58. The van der Waals surface area contributed by atoms with E-state index in [1.807, 2.05) is 0 Å². The van der Waals surface area contributed by atoms with E-state index in [1.165, 1.54) is 19.1 Å². The lowest BCUT2D eigenvalue weighted by Gasteiger charge is -2.07. The van der Waals surface area contributed by atoms with Gasteiger partial charge in [-0.15, -0.1) is 0 Å². The molecule has 0 aliphatic heterocycles. The molecule has 0 unspecified atom stereocenters. The molecule has 88 valence electrons. The zero-order valence-electron chi connectivity index (χ0n) is 8.43. The minimum atomic E-state index is -4.08. The van der Waals surface area contributed by atoms with E-state index in [4.69, 9.17) is 15.4 Å². The third-order valence-corrected chi connectivity index (χ3v) is 3.17. The third-order valence-electron chi connectivity index (χ3n) is 1.84. The zero-order chi connectivity index (χ0) is 12.5. The molecule has 0 aliphatic carbocycles. The molecule has 0 heterocycles. The first-order valence-electron chi connectivity index (χ1n) is 4.05. The van der Waals surface area contributed by atoms with Gasteiger partial charge >= 0.3 is 5.69 Å². The van der Waals surface area contributed by atoms with Crippen LogP contribution in [0.4, 0.5) is 5.69 Å². The zero-order valence-corrected chi connectivity index (χ0v) is 10.0. The molecule has 0 saturated heterocycles. The van der Waals surface area contributed by atoms with Crippen molar-refractivity contribution >= 4 is 25.4 Å². The predicted molar refractivity (Wildman–Crippen MR) is 57.4 cm³/mol. The summed E-state index contributed by atoms with van der Waals surface area (Å²) in [6, 6.07) is 2.43. The molecule has 0 radical (unpaired) electrons. The fourth-order valence-corrected chi connectivity index (χ4v) is 2.32. The lowest BCUT2D eigenvalue weighted by Crippen LogP contribution is -2.01. The van der Waals surface area contributed by atoms with Crippen molar-refractivity contribution in [3.63, 3.8) is 0 Å². The topological polar surface area (TPSA) is 86.5 Å². The van der Waals surface area contributed by atoms with Gasteiger partial charge in [-0.1, -0.05) is 0 Å². The minimum absolute atomic E-state index is 0.356. The Bertz CT molecular complexity index is 540. The highest BCUT2D eigenvalue weighted by atomic mass is 35.7. The van der Waals surface area contributed by atoms with E-state index in [-0.39, 0.29) is 5.75 Å². The van der Waals surface area contributed by atoms with Gasteiger partial charge < -0.3 is 4.74 Å². The Labute approximate surface area is 96.4 Å². The number of nitro groups is 1. The normalized spacial score (nSPS) is 11.2. The second kappa shape index (κ2) is 4.26. The van der Waals surface area contributed by atoms with Crippen LogP contribution in [0.5, 0.6) is 5.75 Å². The molecule has 16 heavy (non-hydrogen) atoms. The van der Waals surface area contributed by atoms with Crippen LogP contribution in [0.25, 0.3) is 0 Å². The van der Waals surface area contributed by atoms with Crippen LogP contribution in [0.15, 0.2) is 17.0 Å². The molecule has 0 aliphatic rings. The molecule has 6 nitrogen and oxygen atoms in total. The van der Waals surface area contributed by atoms with Crippen LogP contribution in [0.2, 0.25) is 0 Å². The van der Waals surface area contributed by atoms with Gasteiger partial charge in [0.1, 0.15) is 4.90 Å². The minimum Gasteiger partial charge on any atom is -0.489 e. The highest BCUT2D eigenvalue weighted by molar-refractivity contribution is 8.13. The van der Waals surface area contributed by atoms with Gasteiger partial charge in [-0.2, -0.15) is 0 Å². The first kappa shape index (κ1) is 12.7. The summed E-state index contributed by atoms with van der Waals surface area (Å²) in [5.41, 5.74) is -0.0200.